The highest BCUT2D eigenvalue weighted by molar-refractivity contribution is 7.12. The van der Waals surface area contributed by atoms with Gasteiger partial charge in [-0.05, 0) is 50.4 Å². The fourth-order valence-corrected chi connectivity index (χ4v) is 3.01. The van der Waals surface area contributed by atoms with Crippen molar-refractivity contribution < 1.29 is 0 Å². The summed E-state index contributed by atoms with van der Waals surface area (Å²) in [5.74, 6) is 0. The zero-order valence-electron chi connectivity index (χ0n) is 11.3. The normalized spacial score (nSPS) is 10.9. The summed E-state index contributed by atoms with van der Waals surface area (Å²) in [7, 11) is 0. The Morgan fingerprint density at radius 2 is 2.00 bits per heavy atom. The Kier molecular flexibility index (Phi) is 4.15. The van der Waals surface area contributed by atoms with Gasteiger partial charge in [0.2, 0.25) is 0 Å². The maximum absolute atomic E-state index is 5.69. The Morgan fingerprint density at radius 1 is 1.22 bits per heavy atom. The molecule has 3 heteroatoms. The molecule has 2 aromatic rings. The molecule has 0 fully saturated rings. The number of benzene rings is 1. The predicted octanol–water partition coefficient (Wildman–Crippen LogP) is 3.49. The summed E-state index contributed by atoms with van der Waals surface area (Å²) < 4.78 is 0. The highest BCUT2D eigenvalue weighted by Crippen LogP contribution is 2.30. The van der Waals surface area contributed by atoms with Crippen LogP contribution in [0, 0.1) is 13.8 Å². The quantitative estimate of drug-likeness (QED) is 0.914. The molecule has 0 spiro atoms. The highest BCUT2D eigenvalue weighted by atomic mass is 32.1. The molecule has 96 valence electrons. The van der Waals surface area contributed by atoms with Gasteiger partial charge in [-0.2, -0.15) is 0 Å². The molecule has 2 N–H and O–H groups in total. The Hall–Kier alpha value is -1.19. The fourth-order valence-electron chi connectivity index (χ4n) is 1.97. The molecule has 2 nitrogen and oxygen atoms in total. The largest absolute Gasteiger partial charge is 0.330 e. The van der Waals surface area contributed by atoms with Crippen molar-refractivity contribution in [1.82, 2.24) is 4.98 Å². The van der Waals surface area contributed by atoms with E-state index in [1.54, 1.807) is 11.3 Å². The van der Waals surface area contributed by atoms with Crippen LogP contribution in [0.2, 0.25) is 0 Å². The highest BCUT2D eigenvalue weighted by Gasteiger charge is 2.12. The lowest BCUT2D eigenvalue weighted by Gasteiger charge is -2.05. The first kappa shape index (κ1) is 13.2. The van der Waals surface area contributed by atoms with Gasteiger partial charge < -0.3 is 5.73 Å². The van der Waals surface area contributed by atoms with E-state index < -0.39 is 0 Å². The minimum absolute atomic E-state index is 0.684. The number of aryl methyl sites for hydroxylation is 3. The standard InChI is InChI=1S/C15H20N2S/c1-4-14-17-15(13(18-14)7-8-16)12-6-5-10(2)11(3)9-12/h5-6,9H,4,7-8,16H2,1-3H3. The van der Waals surface area contributed by atoms with E-state index in [9.17, 15) is 0 Å². The summed E-state index contributed by atoms with van der Waals surface area (Å²) in [6, 6.07) is 6.56. The van der Waals surface area contributed by atoms with E-state index in [1.807, 2.05) is 0 Å². The van der Waals surface area contributed by atoms with Crippen LogP contribution in [0.15, 0.2) is 18.2 Å². The lowest BCUT2D eigenvalue weighted by atomic mass is 10.0. The molecule has 18 heavy (non-hydrogen) atoms. The maximum Gasteiger partial charge on any atom is 0.0932 e. The average Bonchev–Trinajstić information content (AvgIpc) is 2.76. The lowest BCUT2D eigenvalue weighted by molar-refractivity contribution is 0.984. The molecule has 0 radical (unpaired) electrons. The van der Waals surface area contributed by atoms with Crippen LogP contribution >= 0.6 is 11.3 Å². The minimum atomic E-state index is 0.684. The molecular weight excluding hydrogens is 240 g/mol. The summed E-state index contributed by atoms with van der Waals surface area (Å²) in [4.78, 5) is 6.07. The van der Waals surface area contributed by atoms with E-state index in [2.05, 4.69) is 39.0 Å². The number of hydrogen-bond acceptors (Lipinski definition) is 3. The van der Waals surface area contributed by atoms with E-state index in [0.29, 0.717) is 6.54 Å². The van der Waals surface area contributed by atoms with Gasteiger partial charge in [0, 0.05) is 10.4 Å². The minimum Gasteiger partial charge on any atom is -0.330 e. The van der Waals surface area contributed by atoms with E-state index >= 15 is 0 Å². The van der Waals surface area contributed by atoms with Crippen molar-refractivity contribution in [2.24, 2.45) is 5.73 Å². The summed E-state index contributed by atoms with van der Waals surface area (Å²) in [5.41, 5.74) is 10.7. The Morgan fingerprint density at radius 3 is 2.61 bits per heavy atom. The lowest BCUT2D eigenvalue weighted by Crippen LogP contribution is -2.02. The molecule has 1 heterocycles. The second-order valence-corrected chi connectivity index (χ2v) is 5.74. The van der Waals surface area contributed by atoms with Gasteiger partial charge in [0.25, 0.3) is 0 Å². The smallest absolute Gasteiger partial charge is 0.0932 e. The first-order valence-corrected chi connectivity index (χ1v) is 7.23. The predicted molar refractivity (Wildman–Crippen MR) is 79.2 cm³/mol. The van der Waals surface area contributed by atoms with Crippen molar-refractivity contribution in [2.45, 2.75) is 33.6 Å². The number of nitrogens with two attached hydrogens (primary N) is 1. The van der Waals surface area contributed by atoms with Crippen LogP contribution in [0.5, 0.6) is 0 Å². The third-order valence-electron chi connectivity index (χ3n) is 3.20. The zero-order chi connectivity index (χ0) is 13.1. The van der Waals surface area contributed by atoms with Crippen LogP contribution in [0.4, 0.5) is 0 Å². The molecule has 0 amide bonds. The van der Waals surface area contributed by atoms with Crippen LogP contribution in [0.25, 0.3) is 11.3 Å². The van der Waals surface area contributed by atoms with Crippen LogP contribution in [0.1, 0.15) is 27.9 Å². The number of nitrogens with zero attached hydrogens (tertiary/aromatic N) is 1. The molecule has 0 atom stereocenters. The molecule has 0 bridgehead atoms. The van der Waals surface area contributed by atoms with Crippen molar-refractivity contribution in [3.05, 3.63) is 39.2 Å². The first-order chi connectivity index (χ1) is 8.65. The van der Waals surface area contributed by atoms with Crippen molar-refractivity contribution in [3.8, 4) is 11.3 Å². The van der Waals surface area contributed by atoms with E-state index in [1.165, 1.54) is 26.6 Å². The monoisotopic (exact) mass is 260 g/mol. The van der Waals surface area contributed by atoms with E-state index in [-0.39, 0.29) is 0 Å². The molecule has 1 aromatic carbocycles. The SMILES string of the molecule is CCc1nc(-c2ccc(C)c(C)c2)c(CCN)s1. The van der Waals surface area contributed by atoms with Crippen LogP contribution < -0.4 is 5.73 Å². The average molecular weight is 260 g/mol. The third-order valence-corrected chi connectivity index (χ3v) is 4.46. The van der Waals surface area contributed by atoms with Gasteiger partial charge in [-0.1, -0.05) is 19.1 Å². The Labute approximate surface area is 113 Å². The molecule has 0 saturated heterocycles. The number of aromatic nitrogens is 1. The second-order valence-electron chi connectivity index (χ2n) is 4.57. The summed E-state index contributed by atoms with van der Waals surface area (Å²) in [6.45, 7) is 7.12. The van der Waals surface area contributed by atoms with Crippen molar-refractivity contribution in [2.75, 3.05) is 6.54 Å². The summed E-state index contributed by atoms with van der Waals surface area (Å²) in [6.07, 6.45) is 1.91. The maximum atomic E-state index is 5.69. The topological polar surface area (TPSA) is 38.9 Å². The molecule has 0 aliphatic carbocycles. The van der Waals surface area contributed by atoms with E-state index in [0.717, 1.165) is 18.5 Å². The van der Waals surface area contributed by atoms with Gasteiger partial charge in [-0.25, -0.2) is 4.98 Å². The van der Waals surface area contributed by atoms with Crippen LogP contribution in [0.3, 0.4) is 0 Å². The van der Waals surface area contributed by atoms with Gasteiger partial charge in [-0.3, -0.25) is 0 Å². The molecular formula is C15H20N2S. The van der Waals surface area contributed by atoms with Gasteiger partial charge in [0.05, 0.1) is 10.7 Å². The number of thiazole rings is 1. The molecule has 0 aliphatic rings. The van der Waals surface area contributed by atoms with Crippen LogP contribution in [-0.4, -0.2) is 11.5 Å². The molecule has 0 aliphatic heterocycles. The van der Waals surface area contributed by atoms with E-state index in [4.69, 9.17) is 10.7 Å². The molecule has 1 aromatic heterocycles. The first-order valence-electron chi connectivity index (χ1n) is 6.42. The summed E-state index contributed by atoms with van der Waals surface area (Å²) in [5, 5.41) is 1.20. The molecule has 2 rings (SSSR count). The number of rotatable bonds is 4. The van der Waals surface area contributed by atoms with Gasteiger partial charge >= 0.3 is 0 Å². The molecule has 0 unspecified atom stereocenters. The van der Waals surface area contributed by atoms with Crippen molar-refractivity contribution in [1.29, 1.82) is 0 Å². The van der Waals surface area contributed by atoms with Gasteiger partial charge in [0.15, 0.2) is 0 Å². The fraction of sp³-hybridized carbons (Fsp3) is 0.400. The van der Waals surface area contributed by atoms with Gasteiger partial charge in [0.1, 0.15) is 0 Å². The van der Waals surface area contributed by atoms with Crippen LogP contribution in [-0.2, 0) is 12.8 Å². The van der Waals surface area contributed by atoms with Crippen molar-refractivity contribution in [3.63, 3.8) is 0 Å². The third kappa shape index (κ3) is 2.62. The number of hydrogen-bond donors (Lipinski definition) is 1. The Bertz CT molecular complexity index is 543. The van der Waals surface area contributed by atoms with Crippen molar-refractivity contribution >= 4 is 11.3 Å². The second kappa shape index (κ2) is 5.63. The zero-order valence-corrected chi connectivity index (χ0v) is 12.1. The van der Waals surface area contributed by atoms with Gasteiger partial charge in [-0.15, -0.1) is 11.3 Å². The Balaban J connectivity index is 2.47. The summed E-state index contributed by atoms with van der Waals surface area (Å²) >= 11 is 1.80. The molecule has 0 saturated carbocycles.